The second-order valence-electron chi connectivity index (χ2n) is 7.82. The Labute approximate surface area is 170 Å². The lowest BCUT2D eigenvalue weighted by molar-refractivity contribution is -0.121. The van der Waals surface area contributed by atoms with Crippen LogP contribution in [0, 0.1) is 5.92 Å². The van der Waals surface area contributed by atoms with Crippen LogP contribution in [-0.4, -0.2) is 46.6 Å². The number of fused-ring (bicyclic) bond motifs is 1. The van der Waals surface area contributed by atoms with E-state index < -0.39 is 0 Å². The van der Waals surface area contributed by atoms with Gasteiger partial charge in [-0.2, -0.15) is 4.98 Å². The predicted molar refractivity (Wildman–Crippen MR) is 108 cm³/mol. The number of aryl methyl sites for hydroxylation is 1. The Morgan fingerprint density at radius 1 is 1.18 bits per heavy atom. The Morgan fingerprint density at radius 3 is 2.86 bits per heavy atom. The number of carbonyl (C=O) groups excluding carboxylic acids is 1. The second-order valence-corrected chi connectivity index (χ2v) is 8.26. The third kappa shape index (κ3) is 4.73. The first-order valence-corrected chi connectivity index (χ1v) is 10.7. The van der Waals surface area contributed by atoms with E-state index in [2.05, 4.69) is 20.4 Å². The number of benzene rings is 1. The van der Waals surface area contributed by atoms with E-state index in [0.717, 1.165) is 12.1 Å². The number of carbonyl (C=O) groups is 1. The normalized spacial score (nSPS) is 22.6. The summed E-state index contributed by atoms with van der Waals surface area (Å²) in [6.07, 6.45) is 7.19. The molecule has 2 aromatic rings. The van der Waals surface area contributed by atoms with Crippen LogP contribution >= 0.6 is 11.6 Å². The molecule has 2 fully saturated rings. The van der Waals surface area contributed by atoms with Crippen molar-refractivity contribution in [2.75, 3.05) is 19.6 Å². The zero-order valence-electron chi connectivity index (χ0n) is 16.1. The van der Waals surface area contributed by atoms with Crippen molar-refractivity contribution in [1.29, 1.82) is 0 Å². The van der Waals surface area contributed by atoms with Crippen molar-refractivity contribution in [3.05, 3.63) is 35.2 Å². The Bertz CT molecular complexity index is 790. The minimum Gasteiger partial charge on any atom is -0.356 e. The average molecular weight is 403 g/mol. The van der Waals surface area contributed by atoms with Crippen molar-refractivity contribution < 1.29 is 9.32 Å². The molecule has 0 aliphatic carbocycles. The minimum atomic E-state index is 0.0548. The number of piperidine rings is 2. The van der Waals surface area contributed by atoms with Crippen LogP contribution in [0.5, 0.6) is 0 Å². The third-order valence-corrected chi connectivity index (χ3v) is 6.18. The number of hydrogen-bond donors (Lipinski definition) is 1. The largest absolute Gasteiger partial charge is 0.356 e. The summed E-state index contributed by atoms with van der Waals surface area (Å²) < 4.78 is 5.28. The van der Waals surface area contributed by atoms with Crippen LogP contribution in [-0.2, 0) is 11.2 Å². The third-order valence-electron chi connectivity index (χ3n) is 5.93. The van der Waals surface area contributed by atoms with E-state index in [4.69, 9.17) is 16.1 Å². The molecule has 0 bridgehead atoms. The van der Waals surface area contributed by atoms with Crippen molar-refractivity contribution >= 4 is 17.5 Å². The zero-order valence-corrected chi connectivity index (χ0v) is 16.8. The molecule has 2 aliphatic rings. The number of nitrogens with zero attached hydrogens (tertiary/aromatic N) is 3. The highest BCUT2D eigenvalue weighted by molar-refractivity contribution is 6.30. The molecule has 1 aromatic carbocycles. The van der Waals surface area contributed by atoms with Crippen molar-refractivity contribution in [3.8, 4) is 11.4 Å². The molecule has 7 heteroatoms. The molecule has 0 saturated carbocycles. The Kier molecular flexibility index (Phi) is 6.27. The molecule has 6 nitrogen and oxygen atoms in total. The standard InChI is InChI=1S/C21H27ClN4O2/c22-17-8-6-15(7-9-17)21-24-20(28-25-21)11-10-19(27)23-14-16-4-3-13-26-12-2-1-5-18(16)26/h6-9,16,18H,1-5,10-14H2,(H,23,27)/t16-,18-/m0/s1. The highest BCUT2D eigenvalue weighted by Crippen LogP contribution is 2.30. The lowest BCUT2D eigenvalue weighted by Crippen LogP contribution is -2.51. The van der Waals surface area contributed by atoms with Crippen LogP contribution in [0.1, 0.15) is 44.4 Å². The summed E-state index contributed by atoms with van der Waals surface area (Å²) in [5.74, 6) is 1.64. The van der Waals surface area contributed by atoms with Gasteiger partial charge in [-0.05, 0) is 69.0 Å². The molecule has 2 saturated heterocycles. The molecule has 2 aliphatic heterocycles. The number of amides is 1. The van der Waals surface area contributed by atoms with Crippen LogP contribution in [0.15, 0.2) is 28.8 Å². The molecule has 0 spiro atoms. The van der Waals surface area contributed by atoms with Crippen molar-refractivity contribution in [1.82, 2.24) is 20.4 Å². The van der Waals surface area contributed by atoms with Gasteiger partial charge in [0.1, 0.15) is 0 Å². The van der Waals surface area contributed by atoms with E-state index in [1.807, 2.05) is 12.1 Å². The fraction of sp³-hybridized carbons (Fsp3) is 0.571. The molecule has 4 rings (SSSR count). The van der Waals surface area contributed by atoms with E-state index in [0.29, 0.717) is 41.5 Å². The predicted octanol–water partition coefficient (Wildman–Crippen LogP) is 3.70. The van der Waals surface area contributed by atoms with Gasteiger partial charge < -0.3 is 14.7 Å². The monoisotopic (exact) mass is 402 g/mol. The SMILES string of the molecule is O=C(CCc1nc(-c2ccc(Cl)cc2)no1)NC[C@@H]1CCCN2CCCC[C@@H]12. The molecule has 1 aromatic heterocycles. The Hall–Kier alpha value is -1.92. The average Bonchev–Trinajstić information content (AvgIpc) is 3.20. The molecule has 0 radical (unpaired) electrons. The molecule has 1 amide bonds. The van der Waals surface area contributed by atoms with Crippen LogP contribution < -0.4 is 5.32 Å². The first kappa shape index (κ1) is 19.4. The van der Waals surface area contributed by atoms with Gasteiger partial charge in [-0.25, -0.2) is 0 Å². The molecule has 28 heavy (non-hydrogen) atoms. The van der Waals surface area contributed by atoms with Gasteiger partial charge >= 0.3 is 0 Å². The molecule has 2 atom stereocenters. The highest BCUT2D eigenvalue weighted by atomic mass is 35.5. The summed E-state index contributed by atoms with van der Waals surface area (Å²) in [4.78, 5) is 19.3. The van der Waals surface area contributed by atoms with Gasteiger partial charge in [-0.3, -0.25) is 4.79 Å². The van der Waals surface area contributed by atoms with E-state index in [9.17, 15) is 4.79 Å². The van der Waals surface area contributed by atoms with E-state index >= 15 is 0 Å². The van der Waals surface area contributed by atoms with E-state index in [1.54, 1.807) is 12.1 Å². The van der Waals surface area contributed by atoms with Crippen LogP contribution in [0.25, 0.3) is 11.4 Å². The molecule has 0 unspecified atom stereocenters. The summed E-state index contributed by atoms with van der Waals surface area (Å²) in [5, 5.41) is 7.79. The Balaban J connectivity index is 1.24. The summed E-state index contributed by atoms with van der Waals surface area (Å²) >= 11 is 5.90. The summed E-state index contributed by atoms with van der Waals surface area (Å²) in [6.45, 7) is 3.23. The summed E-state index contributed by atoms with van der Waals surface area (Å²) in [6, 6.07) is 7.93. The fourth-order valence-corrected chi connectivity index (χ4v) is 4.57. The van der Waals surface area contributed by atoms with Crippen LogP contribution in [0.4, 0.5) is 0 Å². The number of hydrogen-bond acceptors (Lipinski definition) is 5. The topological polar surface area (TPSA) is 71.3 Å². The van der Waals surface area contributed by atoms with Gasteiger partial charge in [-0.15, -0.1) is 0 Å². The molecular weight excluding hydrogens is 376 g/mol. The first-order chi connectivity index (χ1) is 13.7. The summed E-state index contributed by atoms with van der Waals surface area (Å²) in [5.41, 5.74) is 0.846. The van der Waals surface area contributed by atoms with Gasteiger partial charge in [0.05, 0.1) is 0 Å². The smallest absolute Gasteiger partial charge is 0.227 e. The van der Waals surface area contributed by atoms with Gasteiger partial charge in [0.15, 0.2) is 0 Å². The number of halogens is 1. The molecular formula is C21H27ClN4O2. The van der Waals surface area contributed by atoms with Crippen LogP contribution in [0.3, 0.4) is 0 Å². The van der Waals surface area contributed by atoms with E-state index in [-0.39, 0.29) is 5.91 Å². The second kappa shape index (κ2) is 9.05. The fourth-order valence-electron chi connectivity index (χ4n) is 4.44. The zero-order chi connectivity index (χ0) is 19.3. The maximum atomic E-state index is 12.3. The first-order valence-electron chi connectivity index (χ1n) is 10.3. The lowest BCUT2D eigenvalue weighted by Gasteiger charge is -2.44. The quantitative estimate of drug-likeness (QED) is 0.797. The number of rotatable bonds is 6. The maximum absolute atomic E-state index is 12.3. The Morgan fingerprint density at radius 2 is 2.00 bits per heavy atom. The lowest BCUT2D eigenvalue weighted by atomic mass is 9.83. The van der Waals surface area contributed by atoms with Crippen molar-refractivity contribution in [3.63, 3.8) is 0 Å². The van der Waals surface area contributed by atoms with E-state index in [1.165, 1.54) is 45.2 Å². The molecule has 1 N–H and O–H groups in total. The number of nitrogens with one attached hydrogen (secondary N) is 1. The van der Waals surface area contributed by atoms with Crippen molar-refractivity contribution in [2.45, 2.75) is 51.0 Å². The van der Waals surface area contributed by atoms with Crippen molar-refractivity contribution in [2.24, 2.45) is 5.92 Å². The van der Waals surface area contributed by atoms with Gasteiger partial charge in [0.2, 0.25) is 17.6 Å². The maximum Gasteiger partial charge on any atom is 0.227 e. The van der Waals surface area contributed by atoms with Gasteiger partial charge in [0, 0.05) is 36.0 Å². The molecule has 3 heterocycles. The molecule has 150 valence electrons. The van der Waals surface area contributed by atoms with Gasteiger partial charge in [-0.1, -0.05) is 23.2 Å². The van der Waals surface area contributed by atoms with Gasteiger partial charge in [0.25, 0.3) is 0 Å². The van der Waals surface area contributed by atoms with Crippen LogP contribution in [0.2, 0.25) is 5.02 Å². The number of aromatic nitrogens is 2. The minimum absolute atomic E-state index is 0.0548. The summed E-state index contributed by atoms with van der Waals surface area (Å²) in [7, 11) is 0. The highest BCUT2D eigenvalue weighted by Gasteiger charge is 2.32.